The molecular weight excluding hydrogens is 220 g/mol. The molecule has 0 amide bonds. The number of nitrogens with one attached hydrogen (secondary N) is 1. The van der Waals surface area contributed by atoms with E-state index in [9.17, 15) is 0 Å². The molecule has 3 nitrogen and oxygen atoms in total. The van der Waals surface area contributed by atoms with Gasteiger partial charge in [-0.3, -0.25) is 0 Å². The van der Waals surface area contributed by atoms with Crippen LogP contribution in [0.5, 0.6) is 0 Å². The lowest BCUT2D eigenvalue weighted by atomic mass is 9.95. The summed E-state index contributed by atoms with van der Waals surface area (Å²) in [5.41, 5.74) is 1.26. The molecule has 1 N–H and O–H groups in total. The first-order valence-corrected chi connectivity index (χ1v) is 6.62. The second-order valence-corrected chi connectivity index (χ2v) is 6.07. The van der Waals surface area contributed by atoms with E-state index in [-0.39, 0.29) is 11.6 Å². The van der Waals surface area contributed by atoms with Crippen molar-refractivity contribution >= 4 is 11.3 Å². The van der Waals surface area contributed by atoms with Gasteiger partial charge >= 0.3 is 0 Å². The minimum Gasteiger partial charge on any atom is -0.377 e. The molecule has 90 valence electrons. The van der Waals surface area contributed by atoms with Crippen LogP contribution in [-0.4, -0.2) is 23.2 Å². The number of hydrogen-bond acceptors (Lipinski definition) is 4. The van der Waals surface area contributed by atoms with E-state index in [1.807, 2.05) is 0 Å². The van der Waals surface area contributed by atoms with Gasteiger partial charge in [-0.1, -0.05) is 0 Å². The lowest BCUT2D eigenvalue weighted by Gasteiger charge is -2.28. The molecule has 4 heteroatoms. The van der Waals surface area contributed by atoms with E-state index in [0.717, 1.165) is 25.3 Å². The molecule has 2 heterocycles. The predicted molar refractivity (Wildman–Crippen MR) is 66.9 cm³/mol. The standard InChI is InChI=1S/C12H20N2OS/c1-8-9(2)16-11(14-8)7-13-12(4)5-6-15-10(12)3/h10,13H,5-7H2,1-4H3. The molecule has 0 bridgehead atoms. The summed E-state index contributed by atoms with van der Waals surface area (Å²) < 4.78 is 5.61. The van der Waals surface area contributed by atoms with E-state index in [1.54, 1.807) is 11.3 Å². The van der Waals surface area contributed by atoms with Crippen molar-refractivity contribution in [2.45, 2.75) is 52.3 Å². The zero-order valence-corrected chi connectivity index (χ0v) is 11.3. The second-order valence-electron chi connectivity index (χ2n) is 4.78. The first-order valence-electron chi connectivity index (χ1n) is 5.81. The van der Waals surface area contributed by atoms with E-state index in [1.165, 1.54) is 9.88 Å². The van der Waals surface area contributed by atoms with Gasteiger partial charge in [0.2, 0.25) is 0 Å². The van der Waals surface area contributed by atoms with Crippen molar-refractivity contribution in [3.8, 4) is 0 Å². The first kappa shape index (κ1) is 12.0. The summed E-state index contributed by atoms with van der Waals surface area (Å²) in [7, 11) is 0. The Bertz CT molecular complexity index is 358. The number of ether oxygens (including phenoxy) is 1. The first-order chi connectivity index (χ1) is 7.51. The predicted octanol–water partition coefficient (Wildman–Crippen LogP) is 2.42. The largest absolute Gasteiger partial charge is 0.377 e. The number of aromatic nitrogens is 1. The molecule has 0 aromatic carbocycles. The quantitative estimate of drug-likeness (QED) is 0.881. The van der Waals surface area contributed by atoms with Crippen LogP contribution in [0.15, 0.2) is 0 Å². The molecule has 1 aromatic rings. The summed E-state index contributed by atoms with van der Waals surface area (Å²) in [4.78, 5) is 5.86. The smallest absolute Gasteiger partial charge is 0.107 e. The Morgan fingerprint density at radius 2 is 2.31 bits per heavy atom. The average molecular weight is 240 g/mol. The molecule has 0 spiro atoms. The Hall–Kier alpha value is -0.450. The molecular formula is C12H20N2OS. The van der Waals surface area contributed by atoms with Gasteiger partial charge in [-0.15, -0.1) is 11.3 Å². The zero-order valence-electron chi connectivity index (χ0n) is 10.5. The van der Waals surface area contributed by atoms with E-state index < -0.39 is 0 Å². The molecule has 1 aliphatic heterocycles. The van der Waals surface area contributed by atoms with Crippen molar-refractivity contribution in [2.24, 2.45) is 0 Å². The highest BCUT2D eigenvalue weighted by Crippen LogP contribution is 2.26. The minimum absolute atomic E-state index is 0.105. The third-order valence-corrected chi connectivity index (χ3v) is 4.68. The van der Waals surface area contributed by atoms with Crippen molar-refractivity contribution in [3.63, 3.8) is 0 Å². The van der Waals surface area contributed by atoms with Gasteiger partial charge in [-0.05, 0) is 34.1 Å². The molecule has 1 saturated heterocycles. The Morgan fingerprint density at radius 1 is 1.56 bits per heavy atom. The van der Waals surface area contributed by atoms with Gasteiger partial charge in [-0.25, -0.2) is 4.98 Å². The van der Waals surface area contributed by atoms with Crippen LogP contribution < -0.4 is 5.32 Å². The Labute approximate surface area is 101 Å². The topological polar surface area (TPSA) is 34.2 Å². The highest BCUT2D eigenvalue weighted by atomic mass is 32.1. The maximum absolute atomic E-state index is 5.61. The second kappa shape index (κ2) is 4.43. The summed E-state index contributed by atoms with van der Waals surface area (Å²) in [6, 6.07) is 0. The molecule has 2 unspecified atom stereocenters. The number of hydrogen-bond donors (Lipinski definition) is 1. The Morgan fingerprint density at radius 3 is 2.81 bits per heavy atom. The highest BCUT2D eigenvalue weighted by molar-refractivity contribution is 7.11. The van der Waals surface area contributed by atoms with Crippen molar-refractivity contribution in [2.75, 3.05) is 6.61 Å². The van der Waals surface area contributed by atoms with Gasteiger partial charge in [0, 0.05) is 23.6 Å². The number of nitrogens with zero attached hydrogens (tertiary/aromatic N) is 1. The van der Waals surface area contributed by atoms with Crippen LogP contribution in [-0.2, 0) is 11.3 Å². The maximum Gasteiger partial charge on any atom is 0.107 e. The summed E-state index contributed by atoms with van der Waals surface area (Å²) in [5, 5.41) is 4.76. The summed E-state index contributed by atoms with van der Waals surface area (Å²) in [6.45, 7) is 10.3. The number of rotatable bonds is 3. The molecule has 0 saturated carbocycles. The molecule has 16 heavy (non-hydrogen) atoms. The van der Waals surface area contributed by atoms with Crippen molar-refractivity contribution in [1.29, 1.82) is 0 Å². The summed E-state index contributed by atoms with van der Waals surface area (Å²) in [5.74, 6) is 0. The van der Waals surface area contributed by atoms with Gasteiger partial charge in [0.05, 0.1) is 11.8 Å². The van der Waals surface area contributed by atoms with Crippen molar-refractivity contribution < 1.29 is 4.74 Å². The molecule has 1 aromatic heterocycles. The van der Waals surface area contributed by atoms with E-state index in [0.29, 0.717) is 0 Å². The van der Waals surface area contributed by atoms with Crippen LogP contribution in [0.4, 0.5) is 0 Å². The van der Waals surface area contributed by atoms with Gasteiger partial charge in [-0.2, -0.15) is 0 Å². The van der Waals surface area contributed by atoms with Gasteiger partial charge < -0.3 is 10.1 Å². The lowest BCUT2D eigenvalue weighted by molar-refractivity contribution is 0.0881. The fraction of sp³-hybridized carbons (Fsp3) is 0.750. The molecule has 1 aliphatic rings. The summed E-state index contributed by atoms with van der Waals surface area (Å²) in [6.07, 6.45) is 1.37. The Kier molecular flexibility index (Phi) is 3.33. The van der Waals surface area contributed by atoms with Crippen LogP contribution in [0.2, 0.25) is 0 Å². The fourth-order valence-electron chi connectivity index (χ4n) is 1.96. The number of thiazole rings is 1. The van der Waals surface area contributed by atoms with Crippen LogP contribution in [0.3, 0.4) is 0 Å². The molecule has 0 radical (unpaired) electrons. The normalized spacial score (nSPS) is 29.9. The average Bonchev–Trinajstić information content (AvgIpc) is 2.71. The third kappa shape index (κ3) is 2.29. The van der Waals surface area contributed by atoms with Gasteiger partial charge in [0.1, 0.15) is 5.01 Å². The van der Waals surface area contributed by atoms with Gasteiger partial charge in [0.25, 0.3) is 0 Å². The van der Waals surface area contributed by atoms with E-state index in [2.05, 4.69) is 38.0 Å². The zero-order chi connectivity index (χ0) is 11.8. The van der Waals surface area contributed by atoms with Crippen LogP contribution >= 0.6 is 11.3 Å². The monoisotopic (exact) mass is 240 g/mol. The maximum atomic E-state index is 5.61. The molecule has 2 rings (SSSR count). The molecule has 1 fully saturated rings. The highest BCUT2D eigenvalue weighted by Gasteiger charge is 2.36. The minimum atomic E-state index is 0.105. The SMILES string of the molecule is Cc1nc(CNC2(C)CCOC2C)sc1C. The van der Waals surface area contributed by atoms with Crippen molar-refractivity contribution in [3.05, 3.63) is 15.6 Å². The summed E-state index contributed by atoms with van der Waals surface area (Å²) >= 11 is 1.78. The van der Waals surface area contributed by atoms with E-state index in [4.69, 9.17) is 4.74 Å². The van der Waals surface area contributed by atoms with E-state index >= 15 is 0 Å². The van der Waals surface area contributed by atoms with Crippen molar-refractivity contribution in [1.82, 2.24) is 10.3 Å². The van der Waals surface area contributed by atoms with Crippen LogP contribution in [0, 0.1) is 13.8 Å². The number of aryl methyl sites for hydroxylation is 2. The van der Waals surface area contributed by atoms with Gasteiger partial charge in [0.15, 0.2) is 0 Å². The molecule has 2 atom stereocenters. The van der Waals surface area contributed by atoms with Crippen LogP contribution in [0.1, 0.15) is 35.8 Å². The third-order valence-electron chi connectivity index (χ3n) is 3.60. The Balaban J connectivity index is 1.96. The van der Waals surface area contributed by atoms with Crippen LogP contribution in [0.25, 0.3) is 0 Å². The lowest BCUT2D eigenvalue weighted by Crippen LogP contribution is -2.47. The molecule has 0 aliphatic carbocycles. The fourth-order valence-corrected chi connectivity index (χ4v) is 2.83.